The molecule has 0 radical (unpaired) electrons. The van der Waals surface area contributed by atoms with Gasteiger partial charge in [0.15, 0.2) is 0 Å². The van der Waals surface area contributed by atoms with Crippen LogP contribution < -0.4 is 5.32 Å². The summed E-state index contributed by atoms with van der Waals surface area (Å²) in [6, 6.07) is -0.274. The minimum atomic E-state index is -0.274. The lowest BCUT2D eigenvalue weighted by Gasteiger charge is -2.25. The smallest absolute Gasteiger partial charge is 0.256 e. The highest BCUT2D eigenvalue weighted by Crippen LogP contribution is 2.43. The Labute approximate surface area is 134 Å². The van der Waals surface area contributed by atoms with E-state index < -0.39 is 0 Å². The normalized spacial score (nSPS) is 26.2. The lowest BCUT2D eigenvalue weighted by molar-refractivity contribution is -0.125. The van der Waals surface area contributed by atoms with Crippen molar-refractivity contribution in [3.05, 3.63) is 21.4 Å². The van der Waals surface area contributed by atoms with Gasteiger partial charge in [-0.2, -0.15) is 0 Å². The Morgan fingerprint density at radius 2 is 1.86 bits per heavy atom. The summed E-state index contributed by atoms with van der Waals surface area (Å²) in [5.74, 6) is 0.740. The molecule has 0 aromatic carbocycles. The number of nitrogens with zero attached hydrogens (tertiary/aromatic N) is 1. The lowest BCUT2D eigenvalue weighted by atomic mass is 10.0. The summed E-state index contributed by atoms with van der Waals surface area (Å²) in [6.07, 6.45) is 7.94. The second kappa shape index (κ2) is 5.69. The first kappa shape index (κ1) is 14.2. The molecule has 4 rings (SSSR count). The molecule has 1 aromatic rings. The molecule has 5 heteroatoms. The second-order valence-electron chi connectivity index (χ2n) is 6.71. The number of thiophene rings is 1. The molecule has 3 aliphatic rings. The number of carbonyl (C=O) groups excluding carboxylic acids is 2. The van der Waals surface area contributed by atoms with Crippen molar-refractivity contribution in [3.8, 4) is 0 Å². The van der Waals surface area contributed by atoms with E-state index in [1.165, 1.54) is 36.1 Å². The van der Waals surface area contributed by atoms with E-state index in [1.807, 2.05) is 10.3 Å². The zero-order valence-corrected chi connectivity index (χ0v) is 13.6. The van der Waals surface area contributed by atoms with E-state index in [1.54, 1.807) is 11.3 Å². The van der Waals surface area contributed by atoms with Crippen molar-refractivity contribution >= 4 is 23.2 Å². The van der Waals surface area contributed by atoms with Crippen molar-refractivity contribution in [3.63, 3.8) is 0 Å². The van der Waals surface area contributed by atoms with E-state index in [0.717, 1.165) is 31.4 Å². The summed E-state index contributed by atoms with van der Waals surface area (Å²) >= 11 is 1.76. The van der Waals surface area contributed by atoms with Crippen LogP contribution in [-0.4, -0.2) is 29.3 Å². The molecule has 0 spiro atoms. The van der Waals surface area contributed by atoms with Crippen molar-refractivity contribution in [2.75, 3.05) is 6.54 Å². The molecule has 1 atom stereocenters. The monoisotopic (exact) mass is 318 g/mol. The molecule has 4 nitrogen and oxygen atoms in total. The Hall–Kier alpha value is -1.36. The van der Waals surface area contributed by atoms with Crippen molar-refractivity contribution in [2.24, 2.45) is 0 Å². The minimum Gasteiger partial charge on any atom is -0.354 e. The highest BCUT2D eigenvalue weighted by atomic mass is 32.1. The van der Waals surface area contributed by atoms with Gasteiger partial charge in [-0.1, -0.05) is 12.8 Å². The zero-order valence-electron chi connectivity index (χ0n) is 12.8. The standard InChI is InChI=1S/C17H22N2O2S/c20-16-14(7-3-4-8-18-16)19-9-12-13(17(19)21)10-22-15(12)11-5-1-2-6-11/h10-11,14H,1-9H2,(H,18,20)/t14-/m0/s1. The maximum Gasteiger partial charge on any atom is 0.256 e. The van der Waals surface area contributed by atoms with Crippen LogP contribution in [0.25, 0.3) is 0 Å². The van der Waals surface area contributed by atoms with Gasteiger partial charge in [0.25, 0.3) is 5.91 Å². The number of amides is 2. The van der Waals surface area contributed by atoms with Crippen LogP contribution in [0.15, 0.2) is 5.38 Å². The van der Waals surface area contributed by atoms with Crippen LogP contribution in [0, 0.1) is 0 Å². The van der Waals surface area contributed by atoms with Crippen molar-refractivity contribution in [1.29, 1.82) is 0 Å². The number of fused-ring (bicyclic) bond motifs is 1. The molecular weight excluding hydrogens is 296 g/mol. The van der Waals surface area contributed by atoms with E-state index >= 15 is 0 Å². The summed E-state index contributed by atoms with van der Waals surface area (Å²) in [6.45, 7) is 1.38. The maximum atomic E-state index is 12.7. The van der Waals surface area contributed by atoms with Crippen molar-refractivity contribution < 1.29 is 9.59 Å². The van der Waals surface area contributed by atoms with Crippen LogP contribution in [0.2, 0.25) is 0 Å². The lowest BCUT2D eigenvalue weighted by Crippen LogP contribution is -2.45. The molecule has 1 saturated carbocycles. The Bertz CT molecular complexity index is 604. The first-order valence-corrected chi connectivity index (χ1v) is 9.32. The van der Waals surface area contributed by atoms with Gasteiger partial charge in [-0.05, 0) is 43.6 Å². The van der Waals surface area contributed by atoms with Crippen molar-refractivity contribution in [1.82, 2.24) is 10.2 Å². The predicted molar refractivity (Wildman–Crippen MR) is 86.1 cm³/mol. The summed E-state index contributed by atoms with van der Waals surface area (Å²) in [7, 11) is 0. The van der Waals surface area contributed by atoms with E-state index in [-0.39, 0.29) is 17.9 Å². The number of nitrogens with one attached hydrogen (secondary N) is 1. The fraction of sp³-hybridized carbons (Fsp3) is 0.647. The third-order valence-corrected chi connectivity index (χ3v) is 6.54. The van der Waals surface area contributed by atoms with E-state index in [4.69, 9.17) is 0 Å². The van der Waals surface area contributed by atoms with E-state index in [0.29, 0.717) is 12.5 Å². The van der Waals surface area contributed by atoms with Crippen LogP contribution >= 0.6 is 11.3 Å². The van der Waals surface area contributed by atoms with Crippen LogP contribution in [0.3, 0.4) is 0 Å². The van der Waals surface area contributed by atoms with Gasteiger partial charge < -0.3 is 10.2 Å². The molecule has 22 heavy (non-hydrogen) atoms. The maximum absolute atomic E-state index is 12.7. The van der Waals surface area contributed by atoms with E-state index in [2.05, 4.69) is 5.32 Å². The molecule has 0 unspecified atom stereocenters. The molecule has 2 aliphatic heterocycles. The number of hydrogen-bond donors (Lipinski definition) is 1. The number of carbonyl (C=O) groups is 2. The first-order chi connectivity index (χ1) is 10.8. The second-order valence-corrected chi connectivity index (χ2v) is 7.62. The molecule has 3 heterocycles. The van der Waals surface area contributed by atoms with Gasteiger partial charge in [0, 0.05) is 23.3 Å². The molecule has 1 aliphatic carbocycles. The fourth-order valence-electron chi connectivity index (χ4n) is 4.14. The quantitative estimate of drug-likeness (QED) is 0.911. The van der Waals surface area contributed by atoms with Gasteiger partial charge in [0.2, 0.25) is 5.91 Å². The molecule has 2 fully saturated rings. The average Bonchev–Trinajstić information content (AvgIpc) is 3.18. The van der Waals surface area contributed by atoms with Crippen LogP contribution in [0.4, 0.5) is 0 Å². The Kier molecular flexibility index (Phi) is 3.68. The minimum absolute atomic E-state index is 0.0297. The Morgan fingerprint density at radius 1 is 1.09 bits per heavy atom. The van der Waals surface area contributed by atoms with Crippen LogP contribution in [0.5, 0.6) is 0 Å². The molecule has 118 valence electrons. The number of rotatable bonds is 2. The Morgan fingerprint density at radius 3 is 2.68 bits per heavy atom. The SMILES string of the molecule is O=C1NCCCC[C@@H]1N1Cc2c(csc2C2CCCC2)C1=O. The Balaban J connectivity index is 1.59. The van der Waals surface area contributed by atoms with E-state index in [9.17, 15) is 9.59 Å². The van der Waals surface area contributed by atoms with Gasteiger partial charge in [-0.25, -0.2) is 0 Å². The average molecular weight is 318 g/mol. The summed E-state index contributed by atoms with van der Waals surface area (Å²) < 4.78 is 0. The van der Waals surface area contributed by atoms with Crippen molar-refractivity contribution in [2.45, 2.75) is 63.5 Å². The van der Waals surface area contributed by atoms with Crippen LogP contribution in [0.1, 0.15) is 71.7 Å². The van der Waals surface area contributed by atoms with Crippen LogP contribution in [-0.2, 0) is 11.3 Å². The third kappa shape index (κ3) is 2.26. The summed E-state index contributed by atoms with van der Waals surface area (Å²) in [4.78, 5) is 28.2. The summed E-state index contributed by atoms with van der Waals surface area (Å²) in [5.41, 5.74) is 2.09. The fourth-order valence-corrected chi connectivity index (χ4v) is 5.37. The molecule has 1 aromatic heterocycles. The zero-order chi connectivity index (χ0) is 15.1. The molecule has 0 bridgehead atoms. The van der Waals surface area contributed by atoms with Gasteiger partial charge in [-0.15, -0.1) is 11.3 Å². The summed E-state index contributed by atoms with van der Waals surface area (Å²) in [5, 5.41) is 4.98. The van der Waals surface area contributed by atoms with Gasteiger partial charge in [0.05, 0.1) is 5.56 Å². The predicted octanol–water partition coefficient (Wildman–Crippen LogP) is 3.03. The molecule has 1 N–H and O–H groups in total. The molecule has 2 amide bonds. The largest absolute Gasteiger partial charge is 0.354 e. The molecular formula is C17H22N2O2S. The first-order valence-electron chi connectivity index (χ1n) is 8.44. The van der Waals surface area contributed by atoms with Gasteiger partial charge in [0.1, 0.15) is 6.04 Å². The van der Waals surface area contributed by atoms with Gasteiger partial charge >= 0.3 is 0 Å². The van der Waals surface area contributed by atoms with Gasteiger partial charge in [-0.3, -0.25) is 9.59 Å². The highest BCUT2D eigenvalue weighted by Gasteiger charge is 2.39. The number of hydrogen-bond acceptors (Lipinski definition) is 3. The molecule has 1 saturated heterocycles. The third-order valence-electron chi connectivity index (χ3n) is 5.35. The highest BCUT2D eigenvalue weighted by molar-refractivity contribution is 7.10. The topological polar surface area (TPSA) is 49.4 Å².